The molecule has 0 amide bonds. The maximum atomic E-state index is 10.7. The van der Waals surface area contributed by atoms with E-state index in [2.05, 4.69) is 6.58 Å². The molecule has 2 nitrogen and oxygen atoms in total. The third-order valence-corrected chi connectivity index (χ3v) is 2.04. The summed E-state index contributed by atoms with van der Waals surface area (Å²) in [6, 6.07) is 9.36. The molecule has 0 bridgehead atoms. The Morgan fingerprint density at radius 1 is 1.38 bits per heavy atom. The lowest BCUT2D eigenvalue weighted by Gasteiger charge is -2.09. The topological polar surface area (TPSA) is 37.3 Å². The largest absolute Gasteiger partial charge is 0.481 e. The van der Waals surface area contributed by atoms with E-state index in [0.717, 1.165) is 5.56 Å². The highest BCUT2D eigenvalue weighted by Gasteiger charge is 2.15. The standard InChI is InChI=1S/C11H12O2/c1-8(9(2)11(12)13)10-6-4-3-5-7-10/h3-7,9H,1H2,2H3,(H,12,13)/t9-/m1/s1. The van der Waals surface area contributed by atoms with E-state index in [-0.39, 0.29) is 0 Å². The summed E-state index contributed by atoms with van der Waals surface area (Å²) in [5, 5.41) is 8.75. The van der Waals surface area contributed by atoms with Gasteiger partial charge in [-0.25, -0.2) is 0 Å². The Labute approximate surface area is 77.5 Å². The quantitative estimate of drug-likeness (QED) is 0.767. The molecular formula is C11H12O2. The number of benzene rings is 1. The van der Waals surface area contributed by atoms with Gasteiger partial charge < -0.3 is 5.11 Å². The summed E-state index contributed by atoms with van der Waals surface area (Å²) in [6.45, 7) is 5.40. The molecule has 0 heterocycles. The molecule has 0 radical (unpaired) electrons. The van der Waals surface area contributed by atoms with Gasteiger partial charge in [0, 0.05) is 0 Å². The predicted octanol–water partition coefficient (Wildman–Crippen LogP) is 2.42. The van der Waals surface area contributed by atoms with Gasteiger partial charge in [-0.2, -0.15) is 0 Å². The molecule has 0 aliphatic rings. The zero-order valence-electron chi connectivity index (χ0n) is 7.53. The molecule has 1 rings (SSSR count). The van der Waals surface area contributed by atoms with Crippen molar-refractivity contribution in [2.24, 2.45) is 5.92 Å². The smallest absolute Gasteiger partial charge is 0.310 e. The van der Waals surface area contributed by atoms with E-state index in [1.165, 1.54) is 0 Å². The summed E-state index contributed by atoms with van der Waals surface area (Å²) >= 11 is 0. The van der Waals surface area contributed by atoms with Crippen molar-refractivity contribution in [3.8, 4) is 0 Å². The second kappa shape index (κ2) is 3.90. The van der Waals surface area contributed by atoms with Gasteiger partial charge in [-0.3, -0.25) is 4.79 Å². The lowest BCUT2D eigenvalue weighted by Crippen LogP contribution is -2.10. The minimum absolute atomic E-state index is 0.526. The Morgan fingerprint density at radius 3 is 2.38 bits per heavy atom. The fraction of sp³-hybridized carbons (Fsp3) is 0.182. The van der Waals surface area contributed by atoms with Crippen molar-refractivity contribution in [1.29, 1.82) is 0 Å². The van der Waals surface area contributed by atoms with Crippen molar-refractivity contribution in [3.63, 3.8) is 0 Å². The Balaban J connectivity index is 2.86. The van der Waals surface area contributed by atoms with Crippen LogP contribution in [-0.4, -0.2) is 11.1 Å². The highest BCUT2D eigenvalue weighted by molar-refractivity contribution is 5.85. The third kappa shape index (κ3) is 2.18. The van der Waals surface area contributed by atoms with Crippen LogP contribution < -0.4 is 0 Å². The van der Waals surface area contributed by atoms with Gasteiger partial charge in [0.2, 0.25) is 0 Å². The number of aliphatic carboxylic acids is 1. The molecule has 1 aromatic carbocycles. The van der Waals surface area contributed by atoms with E-state index in [1.54, 1.807) is 6.92 Å². The van der Waals surface area contributed by atoms with Gasteiger partial charge in [-0.15, -0.1) is 0 Å². The molecule has 0 unspecified atom stereocenters. The molecule has 2 heteroatoms. The monoisotopic (exact) mass is 176 g/mol. The van der Waals surface area contributed by atoms with E-state index >= 15 is 0 Å². The van der Waals surface area contributed by atoms with E-state index < -0.39 is 11.9 Å². The minimum atomic E-state index is -0.839. The molecular weight excluding hydrogens is 164 g/mol. The van der Waals surface area contributed by atoms with Crippen LogP contribution in [0.25, 0.3) is 5.57 Å². The van der Waals surface area contributed by atoms with E-state index in [1.807, 2.05) is 30.3 Å². The van der Waals surface area contributed by atoms with Crippen molar-refractivity contribution >= 4 is 11.5 Å². The van der Waals surface area contributed by atoms with Crippen LogP contribution in [0.5, 0.6) is 0 Å². The van der Waals surface area contributed by atoms with Crippen LogP contribution in [0.3, 0.4) is 0 Å². The fourth-order valence-electron chi connectivity index (χ4n) is 1.05. The van der Waals surface area contributed by atoms with Gasteiger partial charge in [-0.05, 0) is 18.1 Å². The molecule has 0 aromatic heterocycles. The van der Waals surface area contributed by atoms with E-state index in [0.29, 0.717) is 5.57 Å². The summed E-state index contributed by atoms with van der Waals surface area (Å²) in [7, 11) is 0. The van der Waals surface area contributed by atoms with Crippen molar-refractivity contribution in [1.82, 2.24) is 0 Å². The van der Waals surface area contributed by atoms with Crippen molar-refractivity contribution in [2.45, 2.75) is 6.92 Å². The highest BCUT2D eigenvalue weighted by atomic mass is 16.4. The minimum Gasteiger partial charge on any atom is -0.481 e. The third-order valence-electron chi connectivity index (χ3n) is 2.04. The molecule has 0 spiro atoms. The van der Waals surface area contributed by atoms with Crippen molar-refractivity contribution in [2.75, 3.05) is 0 Å². The van der Waals surface area contributed by atoms with Crippen LogP contribution in [-0.2, 0) is 4.79 Å². The van der Waals surface area contributed by atoms with Gasteiger partial charge in [-0.1, -0.05) is 36.9 Å². The first-order valence-electron chi connectivity index (χ1n) is 4.10. The predicted molar refractivity (Wildman–Crippen MR) is 52.3 cm³/mol. The average Bonchev–Trinajstić information content (AvgIpc) is 2.17. The second-order valence-corrected chi connectivity index (χ2v) is 2.95. The van der Waals surface area contributed by atoms with Crippen LogP contribution in [0, 0.1) is 5.92 Å². The Hall–Kier alpha value is -1.57. The number of hydrogen-bond donors (Lipinski definition) is 1. The molecule has 1 aromatic rings. The maximum absolute atomic E-state index is 10.7. The summed E-state index contributed by atoms with van der Waals surface area (Å²) in [6.07, 6.45) is 0. The maximum Gasteiger partial charge on any atom is 0.310 e. The number of rotatable bonds is 3. The van der Waals surface area contributed by atoms with Gasteiger partial charge >= 0.3 is 5.97 Å². The first-order valence-corrected chi connectivity index (χ1v) is 4.10. The zero-order valence-corrected chi connectivity index (χ0v) is 7.53. The van der Waals surface area contributed by atoms with Gasteiger partial charge in [0.25, 0.3) is 0 Å². The number of carboxylic acid groups (broad SMARTS) is 1. The number of carbonyl (C=O) groups is 1. The summed E-state index contributed by atoms with van der Waals surface area (Å²) < 4.78 is 0. The molecule has 0 fully saturated rings. The van der Waals surface area contributed by atoms with Crippen LogP contribution in [0.15, 0.2) is 36.9 Å². The SMILES string of the molecule is C=C(c1ccccc1)[C@@H](C)C(=O)O. The lowest BCUT2D eigenvalue weighted by atomic mass is 9.96. The summed E-state index contributed by atoms with van der Waals surface area (Å²) in [5.74, 6) is -1.36. The van der Waals surface area contributed by atoms with Gasteiger partial charge in [0.05, 0.1) is 5.92 Å². The molecule has 0 aliphatic carbocycles. The molecule has 1 N–H and O–H groups in total. The molecule has 0 saturated heterocycles. The normalized spacial score (nSPS) is 12.1. The summed E-state index contributed by atoms with van der Waals surface area (Å²) in [5.41, 5.74) is 1.53. The number of carboxylic acids is 1. The molecule has 68 valence electrons. The van der Waals surface area contributed by atoms with Crippen molar-refractivity contribution < 1.29 is 9.90 Å². The average molecular weight is 176 g/mol. The first kappa shape index (κ1) is 9.52. The zero-order chi connectivity index (χ0) is 9.84. The Bertz CT molecular complexity index is 314. The summed E-state index contributed by atoms with van der Waals surface area (Å²) in [4.78, 5) is 10.7. The number of hydrogen-bond acceptors (Lipinski definition) is 1. The van der Waals surface area contributed by atoms with Gasteiger partial charge in [0.1, 0.15) is 0 Å². The van der Waals surface area contributed by atoms with Gasteiger partial charge in [0.15, 0.2) is 0 Å². The van der Waals surface area contributed by atoms with Crippen LogP contribution in [0.1, 0.15) is 12.5 Å². The molecule has 0 aliphatic heterocycles. The van der Waals surface area contributed by atoms with Crippen LogP contribution >= 0.6 is 0 Å². The fourth-order valence-corrected chi connectivity index (χ4v) is 1.05. The van der Waals surface area contributed by atoms with Crippen LogP contribution in [0.2, 0.25) is 0 Å². The highest BCUT2D eigenvalue weighted by Crippen LogP contribution is 2.20. The lowest BCUT2D eigenvalue weighted by molar-refractivity contribution is -0.139. The Kier molecular flexibility index (Phi) is 2.85. The second-order valence-electron chi connectivity index (χ2n) is 2.95. The van der Waals surface area contributed by atoms with Crippen molar-refractivity contribution in [3.05, 3.63) is 42.5 Å². The van der Waals surface area contributed by atoms with E-state index in [9.17, 15) is 4.79 Å². The van der Waals surface area contributed by atoms with E-state index in [4.69, 9.17) is 5.11 Å². The molecule has 13 heavy (non-hydrogen) atoms. The Morgan fingerprint density at radius 2 is 1.92 bits per heavy atom. The molecule has 0 saturated carbocycles. The first-order chi connectivity index (χ1) is 6.13. The molecule has 1 atom stereocenters. The van der Waals surface area contributed by atoms with Crippen LogP contribution in [0.4, 0.5) is 0 Å².